The first-order valence-electron chi connectivity index (χ1n) is 10.9. The maximum atomic E-state index is 14.2. The zero-order valence-corrected chi connectivity index (χ0v) is 21.2. The Labute approximate surface area is 223 Å². The minimum Gasteiger partial charge on any atom is -0.374 e. The van der Waals surface area contributed by atoms with Crippen molar-refractivity contribution in [2.45, 2.75) is 38.0 Å². The lowest BCUT2D eigenvalue weighted by atomic mass is 9.86. The summed E-state index contributed by atoms with van der Waals surface area (Å²) < 4.78 is 56.4. The lowest BCUT2D eigenvalue weighted by Crippen LogP contribution is -2.42. The number of carbonyl (C=O) groups excluding carboxylic acids is 3. The number of nitrogens with zero attached hydrogens (tertiary/aromatic N) is 2. The largest absolute Gasteiger partial charge is 0.435 e. The van der Waals surface area contributed by atoms with Crippen molar-refractivity contribution in [1.29, 1.82) is 0 Å². The van der Waals surface area contributed by atoms with Gasteiger partial charge in [0.25, 0.3) is 5.60 Å². The molecule has 0 N–H and O–H groups in total. The minimum absolute atomic E-state index is 0.0410. The van der Waals surface area contributed by atoms with Crippen LogP contribution in [-0.4, -0.2) is 40.9 Å². The summed E-state index contributed by atoms with van der Waals surface area (Å²) in [6.45, 7) is 1.86. The second-order valence-corrected chi connectivity index (χ2v) is 9.81. The van der Waals surface area contributed by atoms with Crippen LogP contribution in [0.3, 0.4) is 0 Å². The second kappa shape index (κ2) is 9.89. The lowest BCUT2D eigenvalue weighted by molar-refractivity contribution is -0.275. The molecular formula is C24H17Cl3F4N2O4. The number of amides is 2. The highest BCUT2D eigenvalue weighted by Crippen LogP contribution is 2.50. The third-order valence-electron chi connectivity index (χ3n) is 6.32. The Bertz CT molecular complexity index is 1320. The lowest BCUT2D eigenvalue weighted by Gasteiger charge is -2.29. The minimum atomic E-state index is -4.99. The number of Topliss-reactive ketones (excluding diaryl/α,β-unsaturated/α-hetero) is 1. The van der Waals surface area contributed by atoms with E-state index in [-0.39, 0.29) is 47.2 Å². The summed E-state index contributed by atoms with van der Waals surface area (Å²) >= 11 is 17.7. The van der Waals surface area contributed by atoms with Gasteiger partial charge in [-0.25, -0.2) is 4.39 Å². The van der Waals surface area contributed by atoms with Crippen LogP contribution in [0.5, 0.6) is 0 Å². The van der Waals surface area contributed by atoms with Crippen molar-refractivity contribution in [3.05, 3.63) is 67.9 Å². The molecule has 0 spiro atoms. The number of rotatable bonds is 6. The maximum Gasteiger partial charge on any atom is 0.435 e. The molecule has 1 fully saturated rings. The topological polar surface area (TPSA) is 76.0 Å². The SMILES string of the molecule is CCN1C(=O)C[C@@H](CC(=O)c2ccc(C3=NO[C@@](c4cc(Cl)c(F)c(Cl)c4)(C(F)(F)F)C3)cc2Cl)C1=O. The van der Waals surface area contributed by atoms with Crippen LogP contribution in [0.25, 0.3) is 0 Å². The Kier molecular flexibility index (Phi) is 7.31. The van der Waals surface area contributed by atoms with Gasteiger partial charge in [-0.05, 0) is 31.2 Å². The van der Waals surface area contributed by atoms with Gasteiger partial charge in [0.2, 0.25) is 11.8 Å². The molecule has 37 heavy (non-hydrogen) atoms. The number of halogens is 7. The number of alkyl halides is 3. The molecule has 196 valence electrons. The van der Waals surface area contributed by atoms with Crippen molar-refractivity contribution in [3.8, 4) is 0 Å². The van der Waals surface area contributed by atoms with Crippen LogP contribution in [-0.2, 0) is 20.0 Å². The third-order valence-corrected chi connectivity index (χ3v) is 7.19. The van der Waals surface area contributed by atoms with Crippen LogP contribution < -0.4 is 0 Å². The molecule has 2 atom stereocenters. The fourth-order valence-corrected chi connectivity index (χ4v) is 5.12. The summed E-state index contributed by atoms with van der Waals surface area (Å²) in [5.41, 5.74) is -3.46. The Hall–Kier alpha value is -2.69. The third kappa shape index (κ3) is 4.82. The fourth-order valence-electron chi connectivity index (χ4n) is 4.34. The fraction of sp³-hybridized carbons (Fsp3) is 0.333. The molecule has 13 heteroatoms. The molecule has 0 saturated carbocycles. The highest BCUT2D eigenvalue weighted by Gasteiger charge is 2.62. The Morgan fingerprint density at radius 2 is 1.78 bits per heavy atom. The van der Waals surface area contributed by atoms with E-state index in [1.54, 1.807) is 6.92 Å². The molecule has 0 aromatic heterocycles. The van der Waals surface area contributed by atoms with Crippen molar-refractivity contribution in [1.82, 2.24) is 4.90 Å². The molecule has 6 nitrogen and oxygen atoms in total. The van der Waals surface area contributed by atoms with E-state index >= 15 is 0 Å². The van der Waals surface area contributed by atoms with Crippen LogP contribution in [0.4, 0.5) is 17.6 Å². The predicted octanol–water partition coefficient (Wildman–Crippen LogP) is 6.34. The van der Waals surface area contributed by atoms with Gasteiger partial charge in [0.05, 0.1) is 26.7 Å². The summed E-state index contributed by atoms with van der Waals surface area (Å²) in [6.07, 6.45) is -6.11. The van der Waals surface area contributed by atoms with Gasteiger partial charge in [-0.1, -0.05) is 46.0 Å². The molecule has 1 saturated heterocycles. The first kappa shape index (κ1) is 27.3. The normalized spacial score (nSPS) is 21.9. The second-order valence-electron chi connectivity index (χ2n) is 8.58. The quantitative estimate of drug-likeness (QED) is 0.173. The van der Waals surface area contributed by atoms with Crippen LogP contribution in [0.2, 0.25) is 15.1 Å². The Balaban J connectivity index is 1.57. The molecule has 2 aliphatic heterocycles. The highest BCUT2D eigenvalue weighted by molar-refractivity contribution is 6.35. The molecule has 2 aliphatic rings. The van der Waals surface area contributed by atoms with Crippen molar-refractivity contribution < 1.29 is 36.8 Å². The molecule has 4 rings (SSSR count). The molecule has 0 bridgehead atoms. The van der Waals surface area contributed by atoms with Crippen molar-refractivity contribution in [2.75, 3.05) is 6.54 Å². The monoisotopic (exact) mass is 578 g/mol. The average molecular weight is 580 g/mol. The van der Waals surface area contributed by atoms with E-state index in [2.05, 4.69) is 5.16 Å². The van der Waals surface area contributed by atoms with Crippen LogP contribution in [0.1, 0.15) is 47.7 Å². The number of hydrogen-bond acceptors (Lipinski definition) is 5. The van der Waals surface area contributed by atoms with Gasteiger partial charge in [-0.2, -0.15) is 13.2 Å². The summed E-state index contributed by atoms with van der Waals surface area (Å²) in [4.78, 5) is 43.0. The average Bonchev–Trinajstić information content (AvgIpc) is 3.39. The van der Waals surface area contributed by atoms with E-state index in [4.69, 9.17) is 39.6 Å². The summed E-state index contributed by atoms with van der Waals surface area (Å²) in [7, 11) is 0. The van der Waals surface area contributed by atoms with Gasteiger partial charge in [0, 0.05) is 42.5 Å². The summed E-state index contributed by atoms with van der Waals surface area (Å²) in [5, 5.41) is 2.30. The number of hydrogen-bond donors (Lipinski definition) is 0. The van der Waals surface area contributed by atoms with Crippen LogP contribution >= 0.6 is 34.8 Å². The molecular weight excluding hydrogens is 563 g/mol. The van der Waals surface area contributed by atoms with Crippen LogP contribution in [0, 0.1) is 11.7 Å². The number of ketones is 1. The standard InChI is InChI=1S/C24H17Cl3F4N2O4/c1-2-33-20(35)7-12(22(33)36)6-19(34)14-4-3-11(5-15(14)25)18-10-23(37-32-18,24(29,30)31)13-8-16(26)21(28)17(27)9-13/h3-5,8-9,12H,2,6-7,10H2,1H3/t12-,23+/m1/s1. The van der Waals surface area contributed by atoms with E-state index in [9.17, 15) is 31.9 Å². The molecule has 0 radical (unpaired) electrons. The van der Waals surface area contributed by atoms with E-state index in [0.717, 1.165) is 17.0 Å². The van der Waals surface area contributed by atoms with E-state index in [1.165, 1.54) is 18.2 Å². The van der Waals surface area contributed by atoms with Gasteiger partial charge in [-0.3, -0.25) is 19.3 Å². The smallest absolute Gasteiger partial charge is 0.374 e. The zero-order chi connectivity index (χ0) is 27.3. The maximum absolute atomic E-state index is 14.2. The zero-order valence-electron chi connectivity index (χ0n) is 19.0. The highest BCUT2D eigenvalue weighted by atomic mass is 35.5. The number of carbonyl (C=O) groups is 3. The Morgan fingerprint density at radius 1 is 1.14 bits per heavy atom. The Morgan fingerprint density at radius 3 is 2.32 bits per heavy atom. The van der Waals surface area contributed by atoms with Gasteiger partial charge < -0.3 is 4.84 Å². The summed E-state index contributed by atoms with van der Waals surface area (Å²) in [5.74, 6) is -3.16. The molecule has 2 amide bonds. The predicted molar refractivity (Wildman–Crippen MR) is 127 cm³/mol. The van der Waals surface area contributed by atoms with E-state index < -0.39 is 57.2 Å². The van der Waals surface area contributed by atoms with Crippen molar-refractivity contribution in [2.24, 2.45) is 11.1 Å². The van der Waals surface area contributed by atoms with Crippen molar-refractivity contribution in [3.63, 3.8) is 0 Å². The molecule has 2 aromatic carbocycles. The van der Waals surface area contributed by atoms with Crippen LogP contribution in [0.15, 0.2) is 35.5 Å². The number of benzene rings is 2. The molecule has 2 aromatic rings. The van der Waals surface area contributed by atoms with Gasteiger partial charge in [-0.15, -0.1) is 0 Å². The first-order chi connectivity index (χ1) is 17.3. The summed E-state index contributed by atoms with van der Waals surface area (Å²) in [6, 6.07) is 5.46. The van der Waals surface area contributed by atoms with E-state index in [1.807, 2.05) is 0 Å². The van der Waals surface area contributed by atoms with Gasteiger partial charge in [0.1, 0.15) is 0 Å². The molecule has 0 aliphatic carbocycles. The number of imide groups is 1. The van der Waals surface area contributed by atoms with Crippen molar-refractivity contribution >= 4 is 58.1 Å². The number of likely N-dealkylation sites (tertiary alicyclic amines) is 1. The van der Waals surface area contributed by atoms with Gasteiger partial charge in [0.15, 0.2) is 11.6 Å². The van der Waals surface area contributed by atoms with E-state index in [0.29, 0.717) is 0 Å². The molecule has 0 unspecified atom stereocenters. The molecule has 2 heterocycles. The first-order valence-corrected chi connectivity index (χ1v) is 12.1. The van der Waals surface area contributed by atoms with Gasteiger partial charge >= 0.3 is 6.18 Å². The number of oxime groups is 1.